The molecule has 1 saturated heterocycles. The number of nitrogens with one attached hydrogen (secondary N) is 1. The molecule has 0 unspecified atom stereocenters. The van der Waals surface area contributed by atoms with Crippen molar-refractivity contribution in [3.05, 3.63) is 23.3 Å². The Morgan fingerprint density at radius 2 is 1.94 bits per heavy atom. The molecule has 1 aromatic rings. The van der Waals surface area contributed by atoms with E-state index in [1.54, 1.807) is 7.11 Å². The molecule has 0 spiro atoms. The molecule has 0 aromatic heterocycles. The number of benzene rings is 1. The molecule has 18 heavy (non-hydrogen) atoms. The van der Waals surface area contributed by atoms with Crippen LogP contribution in [0.5, 0.6) is 11.5 Å². The summed E-state index contributed by atoms with van der Waals surface area (Å²) in [5.41, 5.74) is 2.44. The minimum atomic E-state index is 0.584. The number of ether oxygens (including phenoxy) is 2. The van der Waals surface area contributed by atoms with Crippen molar-refractivity contribution in [1.29, 1.82) is 0 Å². The summed E-state index contributed by atoms with van der Waals surface area (Å²) in [5, 5.41) is 3.40. The summed E-state index contributed by atoms with van der Waals surface area (Å²) in [7, 11) is 1.75. The molecule has 2 rings (SSSR count). The Morgan fingerprint density at radius 3 is 2.56 bits per heavy atom. The van der Waals surface area contributed by atoms with Crippen LogP contribution in [0.1, 0.15) is 36.8 Å². The van der Waals surface area contributed by atoms with Gasteiger partial charge in [0.1, 0.15) is 11.5 Å². The van der Waals surface area contributed by atoms with E-state index in [4.69, 9.17) is 9.47 Å². The van der Waals surface area contributed by atoms with E-state index in [0.29, 0.717) is 12.5 Å². The molecule has 3 heteroatoms. The first-order valence-corrected chi connectivity index (χ1v) is 6.78. The van der Waals surface area contributed by atoms with Gasteiger partial charge in [-0.3, -0.25) is 0 Å². The predicted molar refractivity (Wildman–Crippen MR) is 73.7 cm³/mol. The monoisotopic (exact) mass is 249 g/mol. The van der Waals surface area contributed by atoms with Crippen LogP contribution < -0.4 is 14.8 Å². The molecule has 1 aliphatic rings. The standard InChI is InChI=1S/C15H23NO2/c1-4-18-14-10-13(12-5-7-16-8-6-12)15(17-3)9-11(14)2/h9-10,12,16H,4-8H2,1-3H3. The third-order valence-electron chi connectivity index (χ3n) is 3.61. The number of hydrogen-bond acceptors (Lipinski definition) is 3. The van der Waals surface area contributed by atoms with E-state index in [2.05, 4.69) is 24.4 Å². The number of methoxy groups -OCH3 is 1. The highest BCUT2D eigenvalue weighted by Crippen LogP contribution is 2.37. The van der Waals surface area contributed by atoms with Gasteiger partial charge in [-0.15, -0.1) is 0 Å². The SMILES string of the molecule is CCOc1cc(C2CCNCC2)c(OC)cc1C. The van der Waals surface area contributed by atoms with Crippen molar-refractivity contribution < 1.29 is 9.47 Å². The maximum Gasteiger partial charge on any atom is 0.122 e. The molecule has 0 bridgehead atoms. The quantitative estimate of drug-likeness (QED) is 0.890. The fourth-order valence-electron chi connectivity index (χ4n) is 2.62. The van der Waals surface area contributed by atoms with Crippen molar-refractivity contribution in [2.75, 3.05) is 26.8 Å². The van der Waals surface area contributed by atoms with Crippen molar-refractivity contribution in [1.82, 2.24) is 5.32 Å². The van der Waals surface area contributed by atoms with Crippen molar-refractivity contribution in [2.24, 2.45) is 0 Å². The smallest absolute Gasteiger partial charge is 0.122 e. The second-order valence-corrected chi connectivity index (χ2v) is 4.82. The Bertz CT molecular complexity index is 398. The van der Waals surface area contributed by atoms with Crippen molar-refractivity contribution in [3.8, 4) is 11.5 Å². The number of piperidine rings is 1. The minimum absolute atomic E-state index is 0.584. The van der Waals surface area contributed by atoms with Crippen LogP contribution in [0.2, 0.25) is 0 Å². The van der Waals surface area contributed by atoms with Crippen LogP contribution in [0.3, 0.4) is 0 Å². The zero-order valence-electron chi connectivity index (χ0n) is 11.6. The van der Waals surface area contributed by atoms with Crippen LogP contribution >= 0.6 is 0 Å². The average Bonchev–Trinajstić information content (AvgIpc) is 2.42. The fourth-order valence-corrected chi connectivity index (χ4v) is 2.62. The first-order valence-electron chi connectivity index (χ1n) is 6.78. The van der Waals surface area contributed by atoms with Gasteiger partial charge >= 0.3 is 0 Å². The van der Waals surface area contributed by atoms with Crippen LogP contribution in [-0.2, 0) is 0 Å². The van der Waals surface area contributed by atoms with Crippen LogP contribution in [0.15, 0.2) is 12.1 Å². The first kappa shape index (κ1) is 13.2. The second-order valence-electron chi connectivity index (χ2n) is 4.82. The molecule has 1 aromatic carbocycles. The molecule has 1 heterocycles. The topological polar surface area (TPSA) is 30.5 Å². The summed E-state index contributed by atoms with van der Waals surface area (Å²) in [6, 6.07) is 4.27. The lowest BCUT2D eigenvalue weighted by atomic mass is 9.88. The third kappa shape index (κ3) is 2.78. The molecule has 0 saturated carbocycles. The average molecular weight is 249 g/mol. The molecule has 3 nitrogen and oxygen atoms in total. The van der Waals surface area contributed by atoms with E-state index in [0.717, 1.165) is 30.2 Å². The molecule has 1 N–H and O–H groups in total. The first-order chi connectivity index (χ1) is 8.76. The summed E-state index contributed by atoms with van der Waals surface area (Å²) in [6.07, 6.45) is 2.34. The molecule has 100 valence electrons. The van der Waals surface area contributed by atoms with Gasteiger partial charge in [0.05, 0.1) is 13.7 Å². The van der Waals surface area contributed by atoms with Gasteiger partial charge < -0.3 is 14.8 Å². The molecule has 0 amide bonds. The molecule has 0 radical (unpaired) electrons. The number of aryl methyl sites for hydroxylation is 1. The van der Waals surface area contributed by atoms with E-state index in [-0.39, 0.29) is 0 Å². The normalized spacial score (nSPS) is 16.6. The summed E-state index contributed by atoms with van der Waals surface area (Å²) in [6.45, 7) is 6.98. The van der Waals surface area contributed by atoms with E-state index >= 15 is 0 Å². The van der Waals surface area contributed by atoms with E-state index in [9.17, 15) is 0 Å². The lowest BCUT2D eigenvalue weighted by Gasteiger charge is -2.25. The maximum atomic E-state index is 5.70. The number of hydrogen-bond donors (Lipinski definition) is 1. The summed E-state index contributed by atoms with van der Waals surface area (Å²) in [4.78, 5) is 0. The highest BCUT2D eigenvalue weighted by molar-refractivity contribution is 5.47. The van der Waals surface area contributed by atoms with Crippen LogP contribution in [0, 0.1) is 6.92 Å². The van der Waals surface area contributed by atoms with E-state index in [1.807, 2.05) is 6.92 Å². The predicted octanol–water partition coefficient (Wildman–Crippen LogP) is 2.87. The molecule has 1 fully saturated rings. The number of rotatable bonds is 4. The maximum absolute atomic E-state index is 5.70. The van der Waals surface area contributed by atoms with Gasteiger partial charge in [-0.25, -0.2) is 0 Å². The van der Waals surface area contributed by atoms with Gasteiger partial charge in [0.25, 0.3) is 0 Å². The van der Waals surface area contributed by atoms with Crippen molar-refractivity contribution in [3.63, 3.8) is 0 Å². The molecular formula is C15H23NO2. The van der Waals surface area contributed by atoms with Gasteiger partial charge in [0.2, 0.25) is 0 Å². The Labute approximate surface area is 109 Å². The highest BCUT2D eigenvalue weighted by atomic mass is 16.5. The summed E-state index contributed by atoms with van der Waals surface area (Å²) >= 11 is 0. The molecule has 0 aliphatic carbocycles. The van der Waals surface area contributed by atoms with Crippen molar-refractivity contribution >= 4 is 0 Å². The van der Waals surface area contributed by atoms with Gasteiger partial charge in [0, 0.05) is 5.56 Å². The second kappa shape index (κ2) is 6.10. The van der Waals surface area contributed by atoms with E-state index < -0.39 is 0 Å². The zero-order valence-corrected chi connectivity index (χ0v) is 11.6. The Kier molecular flexibility index (Phi) is 4.48. The van der Waals surface area contributed by atoms with Gasteiger partial charge in [-0.1, -0.05) is 0 Å². The van der Waals surface area contributed by atoms with E-state index in [1.165, 1.54) is 18.4 Å². The molecule has 0 atom stereocenters. The van der Waals surface area contributed by atoms with Gasteiger partial charge in [0.15, 0.2) is 0 Å². The summed E-state index contributed by atoms with van der Waals surface area (Å²) < 4.78 is 11.2. The minimum Gasteiger partial charge on any atom is -0.496 e. The summed E-state index contributed by atoms with van der Waals surface area (Å²) in [5.74, 6) is 2.58. The molecule has 1 aliphatic heterocycles. The lowest BCUT2D eigenvalue weighted by Crippen LogP contribution is -2.26. The Balaban J connectivity index is 2.33. The largest absolute Gasteiger partial charge is 0.496 e. The zero-order chi connectivity index (χ0) is 13.0. The third-order valence-corrected chi connectivity index (χ3v) is 3.61. The Morgan fingerprint density at radius 1 is 1.22 bits per heavy atom. The van der Waals surface area contributed by atoms with Crippen molar-refractivity contribution in [2.45, 2.75) is 32.6 Å². The lowest BCUT2D eigenvalue weighted by molar-refractivity contribution is 0.334. The fraction of sp³-hybridized carbons (Fsp3) is 0.600. The van der Waals surface area contributed by atoms with Crippen LogP contribution in [0.25, 0.3) is 0 Å². The Hall–Kier alpha value is -1.22. The van der Waals surface area contributed by atoms with Gasteiger partial charge in [-0.2, -0.15) is 0 Å². The van der Waals surface area contributed by atoms with Crippen LogP contribution in [0.4, 0.5) is 0 Å². The van der Waals surface area contributed by atoms with Crippen LogP contribution in [-0.4, -0.2) is 26.8 Å². The highest BCUT2D eigenvalue weighted by Gasteiger charge is 2.20. The molecular weight excluding hydrogens is 226 g/mol. The van der Waals surface area contributed by atoms with Gasteiger partial charge in [-0.05, 0) is 63.4 Å².